The minimum absolute atomic E-state index is 0.157. The minimum Gasteiger partial charge on any atom is -0.482 e. The van der Waals surface area contributed by atoms with Crippen molar-refractivity contribution in [2.75, 3.05) is 0 Å². The Morgan fingerprint density at radius 1 is 1.15 bits per heavy atom. The quantitative estimate of drug-likeness (QED) is 0.197. The number of benzene rings is 3. The van der Waals surface area contributed by atoms with Crippen LogP contribution in [0, 0.1) is 10.1 Å². The van der Waals surface area contributed by atoms with Gasteiger partial charge in [-0.1, -0.05) is 53.2 Å². The summed E-state index contributed by atoms with van der Waals surface area (Å²) in [5.41, 5.74) is 1.45. The summed E-state index contributed by atoms with van der Waals surface area (Å²) in [6.07, 6.45) is 1.89. The second-order valence-corrected chi connectivity index (χ2v) is 8.08. The largest absolute Gasteiger partial charge is 0.482 e. The van der Waals surface area contributed by atoms with Gasteiger partial charge in [0.25, 0.3) is 5.56 Å². The van der Waals surface area contributed by atoms with Gasteiger partial charge in [0.05, 0.1) is 22.0 Å². The van der Waals surface area contributed by atoms with Crippen molar-refractivity contribution in [3.8, 4) is 5.75 Å². The number of fused-ring (bicyclic) bond motifs is 1. The summed E-state index contributed by atoms with van der Waals surface area (Å²) in [4.78, 5) is 28.6. The highest BCUT2D eigenvalue weighted by atomic mass is 79.9. The van der Waals surface area contributed by atoms with Crippen molar-refractivity contribution in [1.29, 1.82) is 0 Å². The molecule has 0 aliphatic heterocycles. The number of nitro benzene ring substituents is 1. The molecule has 0 unspecified atom stereocenters. The molecule has 0 saturated carbocycles. The number of nitro groups is 1. The summed E-state index contributed by atoms with van der Waals surface area (Å²) in [7, 11) is 0. The molecule has 0 aliphatic carbocycles. The Morgan fingerprint density at radius 3 is 2.67 bits per heavy atom. The molecular formula is C24H19BrN4O4. The maximum atomic E-state index is 13.0. The Hall–Kier alpha value is -3.85. The number of nitrogens with zero attached hydrogens (tertiary/aromatic N) is 4. The minimum atomic E-state index is -0.504. The van der Waals surface area contributed by atoms with Crippen LogP contribution < -0.4 is 10.3 Å². The maximum absolute atomic E-state index is 13.0. The van der Waals surface area contributed by atoms with Gasteiger partial charge < -0.3 is 4.74 Å². The average molecular weight is 507 g/mol. The van der Waals surface area contributed by atoms with E-state index in [2.05, 4.69) is 26.0 Å². The van der Waals surface area contributed by atoms with Crippen LogP contribution in [0.2, 0.25) is 0 Å². The van der Waals surface area contributed by atoms with E-state index < -0.39 is 4.92 Å². The Balaban J connectivity index is 1.66. The van der Waals surface area contributed by atoms with Gasteiger partial charge in [-0.05, 0) is 35.9 Å². The lowest BCUT2D eigenvalue weighted by molar-refractivity contribution is -0.385. The molecule has 0 N–H and O–H groups in total. The van der Waals surface area contributed by atoms with Crippen LogP contribution in [0.1, 0.15) is 23.9 Å². The van der Waals surface area contributed by atoms with Gasteiger partial charge in [0, 0.05) is 22.5 Å². The molecule has 9 heteroatoms. The Bertz CT molecular complexity index is 1420. The molecular weight excluding hydrogens is 488 g/mol. The van der Waals surface area contributed by atoms with E-state index in [0.717, 1.165) is 10.0 Å². The maximum Gasteiger partial charge on any atom is 0.311 e. The van der Waals surface area contributed by atoms with E-state index in [4.69, 9.17) is 4.74 Å². The van der Waals surface area contributed by atoms with Crippen LogP contribution in [0.15, 0.2) is 81.1 Å². The first kappa shape index (κ1) is 22.3. The molecule has 1 aromatic heterocycles. The van der Waals surface area contributed by atoms with Crippen LogP contribution in [0.3, 0.4) is 0 Å². The molecule has 0 fully saturated rings. The monoisotopic (exact) mass is 506 g/mol. The van der Waals surface area contributed by atoms with Crippen LogP contribution >= 0.6 is 15.9 Å². The summed E-state index contributed by atoms with van der Waals surface area (Å²) in [6.45, 7) is 2.09. The van der Waals surface area contributed by atoms with Crippen molar-refractivity contribution in [3.05, 3.63) is 109 Å². The molecule has 4 aromatic rings. The molecule has 33 heavy (non-hydrogen) atoms. The van der Waals surface area contributed by atoms with E-state index in [1.807, 2.05) is 43.3 Å². The summed E-state index contributed by atoms with van der Waals surface area (Å²) in [5, 5.41) is 16.3. The van der Waals surface area contributed by atoms with Gasteiger partial charge in [-0.2, -0.15) is 9.78 Å². The number of aryl methyl sites for hydroxylation is 1. The predicted molar refractivity (Wildman–Crippen MR) is 130 cm³/mol. The van der Waals surface area contributed by atoms with Crippen molar-refractivity contribution in [2.24, 2.45) is 5.10 Å². The first-order chi connectivity index (χ1) is 16.0. The second-order valence-electron chi connectivity index (χ2n) is 7.16. The van der Waals surface area contributed by atoms with Crippen molar-refractivity contribution in [1.82, 2.24) is 9.66 Å². The molecule has 0 bridgehead atoms. The molecule has 0 amide bonds. The molecule has 0 spiro atoms. The zero-order valence-electron chi connectivity index (χ0n) is 17.6. The van der Waals surface area contributed by atoms with Gasteiger partial charge in [0.15, 0.2) is 5.75 Å². The van der Waals surface area contributed by atoms with Gasteiger partial charge in [0.1, 0.15) is 12.4 Å². The Morgan fingerprint density at radius 2 is 1.94 bits per heavy atom. The average Bonchev–Trinajstić information content (AvgIpc) is 2.83. The first-order valence-corrected chi connectivity index (χ1v) is 11.0. The number of halogens is 1. The van der Waals surface area contributed by atoms with E-state index in [1.165, 1.54) is 23.0 Å². The van der Waals surface area contributed by atoms with Crippen LogP contribution in [-0.2, 0) is 13.0 Å². The smallest absolute Gasteiger partial charge is 0.311 e. The second kappa shape index (κ2) is 9.74. The topological polar surface area (TPSA) is 99.6 Å². The zero-order chi connectivity index (χ0) is 23.4. The van der Waals surface area contributed by atoms with E-state index in [0.29, 0.717) is 28.7 Å². The van der Waals surface area contributed by atoms with Crippen molar-refractivity contribution >= 4 is 38.7 Å². The fourth-order valence-electron chi connectivity index (χ4n) is 3.28. The highest BCUT2D eigenvalue weighted by Crippen LogP contribution is 2.28. The highest BCUT2D eigenvalue weighted by Gasteiger charge is 2.16. The lowest BCUT2D eigenvalue weighted by Crippen LogP contribution is -2.22. The van der Waals surface area contributed by atoms with Crippen molar-refractivity contribution < 1.29 is 9.66 Å². The van der Waals surface area contributed by atoms with Gasteiger partial charge in [-0.15, -0.1) is 0 Å². The Kier molecular flexibility index (Phi) is 6.60. The van der Waals surface area contributed by atoms with E-state index in [9.17, 15) is 14.9 Å². The normalized spacial score (nSPS) is 11.2. The SMILES string of the molecule is CCc1nc2ccc(Br)cc2c(=O)n1N=Cc1ccc(OCc2ccccc2)c([N+](=O)[O-])c1. The predicted octanol–water partition coefficient (Wildman–Crippen LogP) is 5.09. The van der Waals surface area contributed by atoms with Gasteiger partial charge in [-0.3, -0.25) is 14.9 Å². The summed E-state index contributed by atoms with van der Waals surface area (Å²) < 4.78 is 7.64. The third kappa shape index (κ3) is 4.98. The lowest BCUT2D eigenvalue weighted by atomic mass is 10.2. The summed E-state index contributed by atoms with van der Waals surface area (Å²) in [6, 6.07) is 19.2. The number of aromatic nitrogens is 2. The third-order valence-corrected chi connectivity index (χ3v) is 5.42. The van der Waals surface area contributed by atoms with E-state index >= 15 is 0 Å². The molecule has 0 atom stereocenters. The fraction of sp³-hybridized carbons (Fsp3) is 0.125. The van der Waals surface area contributed by atoms with Gasteiger partial charge in [-0.25, -0.2) is 4.98 Å². The molecule has 0 saturated heterocycles. The van der Waals surface area contributed by atoms with Crippen LogP contribution in [0.4, 0.5) is 5.69 Å². The molecule has 166 valence electrons. The lowest BCUT2D eigenvalue weighted by Gasteiger charge is -2.09. The number of hydrogen-bond donors (Lipinski definition) is 0. The first-order valence-electron chi connectivity index (χ1n) is 10.2. The van der Waals surface area contributed by atoms with Crippen molar-refractivity contribution in [2.45, 2.75) is 20.0 Å². The Labute approximate surface area is 197 Å². The van der Waals surface area contributed by atoms with E-state index in [1.54, 1.807) is 18.2 Å². The summed E-state index contributed by atoms with van der Waals surface area (Å²) >= 11 is 3.37. The molecule has 8 nitrogen and oxygen atoms in total. The highest BCUT2D eigenvalue weighted by molar-refractivity contribution is 9.10. The van der Waals surface area contributed by atoms with Gasteiger partial charge in [0.2, 0.25) is 0 Å². The standard InChI is InChI=1S/C24H19BrN4O4/c1-2-23-27-20-10-9-18(25)13-19(20)24(30)28(23)26-14-17-8-11-22(21(12-17)29(31)32)33-15-16-6-4-3-5-7-16/h3-14H,2,15H2,1H3. The fourth-order valence-corrected chi connectivity index (χ4v) is 3.64. The number of ether oxygens (including phenoxy) is 1. The van der Waals surface area contributed by atoms with E-state index in [-0.39, 0.29) is 23.6 Å². The zero-order valence-corrected chi connectivity index (χ0v) is 19.2. The molecule has 0 aliphatic rings. The summed E-state index contributed by atoms with van der Waals surface area (Å²) in [5.74, 6) is 0.646. The molecule has 1 heterocycles. The van der Waals surface area contributed by atoms with Crippen LogP contribution in [0.25, 0.3) is 10.9 Å². The van der Waals surface area contributed by atoms with Gasteiger partial charge >= 0.3 is 5.69 Å². The number of hydrogen-bond acceptors (Lipinski definition) is 6. The number of rotatable bonds is 7. The molecule has 3 aromatic carbocycles. The molecule has 4 rings (SSSR count). The van der Waals surface area contributed by atoms with Crippen LogP contribution in [-0.4, -0.2) is 20.8 Å². The molecule has 0 radical (unpaired) electrons. The van der Waals surface area contributed by atoms with Crippen molar-refractivity contribution in [3.63, 3.8) is 0 Å². The third-order valence-electron chi connectivity index (χ3n) is 4.93. The van der Waals surface area contributed by atoms with Crippen LogP contribution in [0.5, 0.6) is 5.75 Å².